The molecule has 8 rings (SSSR count). The first-order chi connectivity index (χ1) is 41.9. The van der Waals surface area contributed by atoms with Gasteiger partial charge in [0, 0.05) is 34.4 Å². The molecule has 24 heteroatoms. The van der Waals surface area contributed by atoms with Crippen LogP contribution in [0.2, 0.25) is 5.02 Å². The van der Waals surface area contributed by atoms with Crippen LogP contribution in [0.1, 0.15) is 76.9 Å². The number of nitro benzene ring substituents is 1. The monoisotopic (exact) mass is 1250 g/mol. The van der Waals surface area contributed by atoms with E-state index in [1.165, 1.54) is 113 Å². The van der Waals surface area contributed by atoms with Crippen molar-refractivity contribution in [3.63, 3.8) is 0 Å². The summed E-state index contributed by atoms with van der Waals surface area (Å²) in [5, 5.41) is 111. The smallest absolute Gasteiger partial charge is 0.338 e. The highest BCUT2D eigenvalue weighted by Gasteiger charge is 2.17. The number of carboxylic acid groups (broad SMARTS) is 2. The van der Waals surface area contributed by atoms with Crippen molar-refractivity contribution in [2.45, 2.75) is 41.5 Å². The Hall–Kier alpha value is -11.3. The van der Waals surface area contributed by atoms with E-state index in [1.54, 1.807) is 89.2 Å². The second-order valence-corrected chi connectivity index (χ2v) is 18.6. The molecule has 8 aromatic rings. The lowest BCUT2D eigenvalue weighted by molar-refractivity contribution is -0.384. The van der Waals surface area contributed by atoms with Gasteiger partial charge in [-0.15, -0.1) is 0 Å². The van der Waals surface area contributed by atoms with Gasteiger partial charge in [0.2, 0.25) is 11.5 Å². The number of methoxy groups -OCH3 is 4. The minimum absolute atomic E-state index is 0.000278. The van der Waals surface area contributed by atoms with E-state index in [2.05, 4.69) is 0 Å². The molecule has 0 spiro atoms. The molecule has 0 heterocycles. The number of nitrogens with zero attached hydrogens (tertiary/aromatic N) is 1. The molecule has 23 nitrogen and oxygen atoms in total. The third-order valence-corrected chi connectivity index (χ3v) is 11.9. The zero-order chi connectivity index (χ0) is 67.2. The van der Waals surface area contributed by atoms with Gasteiger partial charge in [-0.3, -0.25) is 14.9 Å². The number of hydrogen-bond acceptors (Lipinski definition) is 20. The van der Waals surface area contributed by atoms with E-state index in [0.717, 1.165) is 17.2 Å². The fraction of sp³-hybridized carbons (Fsp3) is 0.169. The molecule has 0 saturated heterocycles. The van der Waals surface area contributed by atoms with Crippen LogP contribution in [0.3, 0.4) is 0 Å². The quantitative estimate of drug-likeness (QED) is 0.0135. The van der Waals surface area contributed by atoms with Crippen LogP contribution in [-0.2, 0) is 9.53 Å². The third kappa shape index (κ3) is 23.9. The highest BCUT2D eigenvalue weighted by atomic mass is 35.5. The van der Waals surface area contributed by atoms with Crippen molar-refractivity contribution >= 4 is 47.1 Å². The van der Waals surface area contributed by atoms with Gasteiger partial charge >= 0.3 is 17.9 Å². The molecular weight excluding hydrogens is 1180 g/mol. The fourth-order valence-electron chi connectivity index (χ4n) is 6.94. The summed E-state index contributed by atoms with van der Waals surface area (Å²) in [7, 11) is 5.79. The maximum atomic E-state index is 12.1. The van der Waals surface area contributed by atoms with Crippen molar-refractivity contribution in [2.24, 2.45) is 0 Å². The average molecular weight is 1250 g/mol. The van der Waals surface area contributed by atoms with Gasteiger partial charge in [-0.05, 0) is 160 Å². The number of aliphatic carboxylic acids is 1. The summed E-state index contributed by atoms with van der Waals surface area (Å²) in [6, 6.07) is 35.5. The number of phenolic OH excluding ortho intramolecular Hbond substituents is 9. The minimum Gasteiger partial charge on any atom is -0.508 e. The van der Waals surface area contributed by atoms with Crippen molar-refractivity contribution in [3.05, 3.63) is 216 Å². The number of carboxylic acids is 2. The molecule has 11 N–H and O–H groups in total. The van der Waals surface area contributed by atoms with Gasteiger partial charge in [-0.1, -0.05) is 54.1 Å². The molecule has 0 aliphatic rings. The molecule has 0 unspecified atom stereocenters. The van der Waals surface area contributed by atoms with Gasteiger partial charge < -0.3 is 79.9 Å². The van der Waals surface area contributed by atoms with Gasteiger partial charge in [0.05, 0.1) is 56.7 Å². The van der Waals surface area contributed by atoms with Crippen molar-refractivity contribution in [2.75, 3.05) is 35.0 Å². The minimum atomic E-state index is -1.05. The number of benzene rings is 8. The SMILES string of the molecule is CCOC(=O)c1cc(C)c(O)c(O)c1.COc1cc(/C=C/C(=O)O)cc(OC)c1O.COc1cccc(OC)c1O.Cc1c(O)ccc(C(=O)c2ccccc2)c1O.Cc1cc(O)cc(C(=O)O)c1.Cc1cc([N+](=O)[O-])ccc1O.Cc1ccc(Cl)cc1O. The first kappa shape index (κ1) is 73.8. The average Bonchev–Trinajstić information content (AvgIpc) is 3.20. The number of phenols is 9. The van der Waals surface area contributed by atoms with Gasteiger partial charge in [-0.2, -0.15) is 0 Å². The predicted molar refractivity (Wildman–Crippen MR) is 331 cm³/mol. The highest BCUT2D eigenvalue weighted by molar-refractivity contribution is 6.30. The van der Waals surface area contributed by atoms with Crippen LogP contribution in [0.4, 0.5) is 5.69 Å². The number of non-ortho nitro benzene ring substituents is 1. The molecule has 0 amide bonds. The van der Waals surface area contributed by atoms with Crippen LogP contribution < -0.4 is 18.9 Å². The number of ketones is 1. The number of esters is 1. The van der Waals surface area contributed by atoms with Gasteiger partial charge in [0.15, 0.2) is 40.3 Å². The number of rotatable bonds is 12. The Morgan fingerprint density at radius 1 is 0.517 bits per heavy atom. The fourth-order valence-corrected chi connectivity index (χ4v) is 7.11. The van der Waals surface area contributed by atoms with Gasteiger partial charge in [0.1, 0.15) is 28.7 Å². The second-order valence-electron chi connectivity index (χ2n) is 18.2. The Balaban J connectivity index is 0.000000357. The third-order valence-electron chi connectivity index (χ3n) is 11.7. The Kier molecular flexibility index (Phi) is 30.3. The summed E-state index contributed by atoms with van der Waals surface area (Å²) >= 11 is 5.56. The Morgan fingerprint density at radius 2 is 1.08 bits per heavy atom. The molecule has 0 aromatic heterocycles. The first-order valence-corrected chi connectivity index (χ1v) is 26.3. The molecule has 8 aromatic carbocycles. The summed E-state index contributed by atoms with van der Waals surface area (Å²) in [5.74, 6) is -2.01. The number of aryl methyl sites for hydroxylation is 4. The number of hydrogen-bond donors (Lipinski definition) is 11. The Labute approximate surface area is 516 Å². The van der Waals surface area contributed by atoms with Crippen molar-refractivity contribution in [1.29, 1.82) is 0 Å². The second kappa shape index (κ2) is 36.5. The van der Waals surface area contributed by atoms with Gasteiger partial charge in [0.25, 0.3) is 5.69 Å². The molecule has 0 aliphatic heterocycles. The lowest BCUT2D eigenvalue weighted by Gasteiger charge is -2.09. The van der Waals surface area contributed by atoms with Gasteiger partial charge in [-0.25, -0.2) is 14.4 Å². The highest BCUT2D eigenvalue weighted by Crippen LogP contribution is 2.38. The molecule has 89 heavy (non-hydrogen) atoms. The summed E-state index contributed by atoms with van der Waals surface area (Å²) < 4.78 is 24.3. The number of halogens is 1. The molecule has 0 bridgehead atoms. The van der Waals surface area contributed by atoms with E-state index >= 15 is 0 Å². The van der Waals surface area contributed by atoms with E-state index in [-0.39, 0.29) is 98.0 Å². The van der Waals surface area contributed by atoms with E-state index in [4.69, 9.17) is 60.8 Å². The number of ether oxygens (including phenoxy) is 5. The number of nitro groups is 1. The topological polar surface area (TPSA) is 380 Å². The summed E-state index contributed by atoms with van der Waals surface area (Å²) in [5.41, 5.74) is 4.47. The molecule has 0 fully saturated rings. The lowest BCUT2D eigenvalue weighted by Crippen LogP contribution is -2.04. The van der Waals surface area contributed by atoms with Crippen molar-refractivity contribution in [1.82, 2.24) is 0 Å². The van der Waals surface area contributed by atoms with Crippen molar-refractivity contribution < 1.29 is 104 Å². The largest absolute Gasteiger partial charge is 0.508 e. The van der Waals surface area contributed by atoms with E-state index in [0.29, 0.717) is 44.3 Å². The Morgan fingerprint density at radius 3 is 1.55 bits per heavy atom. The molecule has 0 radical (unpaired) electrons. The molecule has 472 valence electrons. The number of carbonyl (C=O) groups excluding carboxylic acids is 2. The first-order valence-electron chi connectivity index (χ1n) is 25.9. The summed E-state index contributed by atoms with van der Waals surface area (Å²) in [6.45, 7) is 10.3. The maximum absolute atomic E-state index is 12.1. The van der Waals surface area contributed by atoms with Crippen LogP contribution >= 0.6 is 11.6 Å². The molecular formula is C65H68ClNO22. The maximum Gasteiger partial charge on any atom is 0.338 e. The van der Waals surface area contributed by atoms with E-state index in [9.17, 15) is 59.9 Å². The van der Waals surface area contributed by atoms with Crippen LogP contribution in [0.15, 0.2) is 146 Å². The number of aromatic hydroxyl groups is 9. The molecule has 0 atom stereocenters. The van der Waals surface area contributed by atoms with Crippen LogP contribution in [0.25, 0.3) is 6.08 Å². The normalized spacial score (nSPS) is 9.83. The van der Waals surface area contributed by atoms with E-state index in [1.807, 2.05) is 13.0 Å². The van der Waals surface area contributed by atoms with Crippen molar-refractivity contribution in [3.8, 4) is 74.7 Å². The summed E-state index contributed by atoms with van der Waals surface area (Å²) in [4.78, 5) is 53.8. The Bertz CT molecular complexity index is 3650. The number of para-hydroxylation sites is 1. The standard InChI is InChI=1S/C14H12O3.C11H12O5.C10H12O4.C8H8O3.C8H10O3.C7H7ClO.C7H7NO3/c1-9-12(15)8-7-11(13(9)16)14(17)10-5-3-2-4-6-10;1-15-8-5-7(3-4-10(12)13)6-9(16-2)11(8)14;1-3-14-10(13)7-4-6(2)9(12)8(11)5-7;1-5-2-6(8(10)11)4-7(9)3-5;1-10-6-4-3-5-7(11-2)8(6)9;1-5-2-3-6(8)4-7(5)9;1-5-4-6(8(10)11)2-3-7(5)9/h2-8,15-16H,1H3;3-6,14H,1-2H3,(H,12,13);4-5,11-12H,3H2,1-2H3;2-4,9H,1H3,(H,10,11);3-5,9H,1-2H3;2-4,9H,1H3;2-4,9H,1H3/b;4-3+;;;;;. The predicted octanol–water partition coefficient (Wildman–Crippen LogP) is 12.5. The molecule has 0 saturated carbocycles. The molecule has 0 aliphatic carbocycles. The lowest BCUT2D eigenvalue weighted by atomic mass is 10.00. The van der Waals surface area contributed by atoms with Crippen LogP contribution in [0, 0.1) is 44.7 Å². The van der Waals surface area contributed by atoms with E-state index < -0.39 is 22.8 Å². The zero-order valence-corrected chi connectivity index (χ0v) is 50.6. The zero-order valence-electron chi connectivity index (χ0n) is 49.9. The number of carbonyl (C=O) groups is 4. The number of aromatic carboxylic acids is 1. The van der Waals surface area contributed by atoms with Crippen LogP contribution in [0.5, 0.6) is 74.7 Å². The van der Waals surface area contributed by atoms with Crippen LogP contribution in [-0.4, -0.2) is 120 Å². The summed E-state index contributed by atoms with van der Waals surface area (Å²) in [6.07, 6.45) is 2.37.